The Morgan fingerprint density at radius 3 is 2.18 bits per heavy atom. The molecule has 2 aromatic rings. The number of nitrogens with zero attached hydrogens (tertiary/aromatic N) is 2. The topological polar surface area (TPSA) is 86.8 Å². The molecule has 1 N–H and O–H groups in total. The zero-order valence-electron chi connectivity index (χ0n) is 20.6. The van der Waals surface area contributed by atoms with Crippen molar-refractivity contribution in [3.8, 4) is 0 Å². The molecule has 0 fully saturated rings. The van der Waals surface area contributed by atoms with E-state index in [1.807, 2.05) is 34.6 Å². The van der Waals surface area contributed by atoms with Gasteiger partial charge in [0.15, 0.2) is 0 Å². The summed E-state index contributed by atoms with van der Waals surface area (Å²) in [6.45, 7) is 8.92. The SMILES string of the molecule is CC[C@H](C(=O)NC(C)(C)C)N(Cc1ccccc1Cl)C(=O)CN(C)S(=O)(=O)c1ccc(C)cc1. The van der Waals surface area contributed by atoms with Gasteiger partial charge in [0.1, 0.15) is 6.04 Å². The highest BCUT2D eigenvalue weighted by molar-refractivity contribution is 7.89. The molecule has 0 heterocycles. The summed E-state index contributed by atoms with van der Waals surface area (Å²) in [5.74, 6) is -0.798. The molecule has 0 spiro atoms. The number of sulfonamides is 1. The first kappa shape index (κ1) is 27.8. The molecule has 7 nitrogen and oxygen atoms in total. The molecular formula is C25H34ClN3O4S. The van der Waals surface area contributed by atoms with E-state index in [9.17, 15) is 18.0 Å². The van der Waals surface area contributed by atoms with Crippen molar-refractivity contribution < 1.29 is 18.0 Å². The molecule has 0 radical (unpaired) electrons. The van der Waals surface area contributed by atoms with Crippen molar-refractivity contribution in [3.05, 3.63) is 64.7 Å². The normalized spacial score (nSPS) is 12.9. The number of carbonyl (C=O) groups is 2. The lowest BCUT2D eigenvalue weighted by Crippen LogP contribution is -2.55. The lowest BCUT2D eigenvalue weighted by atomic mass is 10.1. The van der Waals surface area contributed by atoms with Gasteiger partial charge in [0.2, 0.25) is 21.8 Å². The van der Waals surface area contributed by atoms with E-state index in [1.165, 1.54) is 24.1 Å². The van der Waals surface area contributed by atoms with Crippen LogP contribution in [0.5, 0.6) is 0 Å². The van der Waals surface area contributed by atoms with Gasteiger partial charge in [-0.1, -0.05) is 54.4 Å². The van der Waals surface area contributed by atoms with Gasteiger partial charge in [-0.3, -0.25) is 9.59 Å². The maximum atomic E-state index is 13.5. The summed E-state index contributed by atoms with van der Waals surface area (Å²) in [6.07, 6.45) is 0.354. The molecule has 2 amide bonds. The van der Waals surface area contributed by atoms with Crippen LogP contribution in [-0.4, -0.2) is 54.6 Å². The fourth-order valence-corrected chi connectivity index (χ4v) is 4.75. The largest absolute Gasteiger partial charge is 0.350 e. The molecule has 0 unspecified atom stereocenters. The van der Waals surface area contributed by atoms with Crippen LogP contribution in [0.3, 0.4) is 0 Å². The van der Waals surface area contributed by atoms with Crippen LogP contribution in [0, 0.1) is 6.92 Å². The summed E-state index contributed by atoms with van der Waals surface area (Å²) < 4.78 is 27.1. The molecule has 1 atom stereocenters. The number of hydrogen-bond acceptors (Lipinski definition) is 4. The lowest BCUT2D eigenvalue weighted by molar-refractivity contribution is -0.142. The van der Waals surface area contributed by atoms with E-state index in [2.05, 4.69) is 5.32 Å². The Hall–Kier alpha value is -2.42. The van der Waals surface area contributed by atoms with Crippen LogP contribution in [0.2, 0.25) is 5.02 Å². The van der Waals surface area contributed by atoms with Crippen LogP contribution in [0.25, 0.3) is 0 Å². The van der Waals surface area contributed by atoms with Gasteiger partial charge in [0.25, 0.3) is 0 Å². The Labute approximate surface area is 208 Å². The third-order valence-electron chi connectivity index (χ3n) is 5.27. The van der Waals surface area contributed by atoms with Crippen molar-refractivity contribution in [2.45, 2.75) is 64.1 Å². The number of aryl methyl sites for hydroxylation is 1. The van der Waals surface area contributed by atoms with E-state index in [4.69, 9.17) is 11.6 Å². The molecule has 0 aliphatic rings. The zero-order chi connectivity index (χ0) is 25.7. The standard InChI is InChI=1S/C25H34ClN3O4S/c1-7-22(24(31)27-25(3,4)5)29(16-19-10-8-9-11-21(19)26)23(30)17-28(6)34(32,33)20-14-12-18(2)13-15-20/h8-15,22H,7,16-17H2,1-6H3,(H,27,31)/t22-/m1/s1. The van der Waals surface area contributed by atoms with Crippen molar-refractivity contribution in [1.29, 1.82) is 0 Å². The fourth-order valence-electron chi connectivity index (χ4n) is 3.44. The van der Waals surface area contributed by atoms with Gasteiger partial charge in [-0.05, 0) is 57.9 Å². The fraction of sp³-hybridized carbons (Fsp3) is 0.440. The van der Waals surface area contributed by atoms with Crippen molar-refractivity contribution in [1.82, 2.24) is 14.5 Å². The molecule has 0 saturated heterocycles. The smallest absolute Gasteiger partial charge is 0.243 e. The molecule has 34 heavy (non-hydrogen) atoms. The second kappa shape index (κ2) is 11.3. The molecule has 2 aromatic carbocycles. The monoisotopic (exact) mass is 507 g/mol. The highest BCUT2D eigenvalue weighted by Gasteiger charge is 2.33. The van der Waals surface area contributed by atoms with E-state index < -0.39 is 34.1 Å². The van der Waals surface area contributed by atoms with Crippen LogP contribution in [0.1, 0.15) is 45.2 Å². The first-order valence-corrected chi connectivity index (χ1v) is 13.0. The Kier molecular flexibility index (Phi) is 9.28. The molecule has 0 aromatic heterocycles. The first-order valence-electron chi connectivity index (χ1n) is 11.1. The van der Waals surface area contributed by atoms with Crippen LogP contribution < -0.4 is 5.32 Å². The minimum absolute atomic E-state index is 0.0764. The van der Waals surface area contributed by atoms with Gasteiger partial charge in [-0.2, -0.15) is 4.31 Å². The Balaban J connectivity index is 2.36. The number of carbonyl (C=O) groups excluding carboxylic acids is 2. The van der Waals surface area contributed by atoms with Crippen molar-refractivity contribution >= 4 is 33.4 Å². The van der Waals surface area contributed by atoms with Gasteiger partial charge in [0, 0.05) is 24.2 Å². The van der Waals surface area contributed by atoms with Gasteiger partial charge >= 0.3 is 0 Å². The summed E-state index contributed by atoms with van der Waals surface area (Å²) in [4.78, 5) is 28.1. The Bertz CT molecular complexity index is 1110. The first-order chi connectivity index (χ1) is 15.8. The number of hydrogen-bond donors (Lipinski definition) is 1. The summed E-state index contributed by atoms with van der Waals surface area (Å²) in [5.41, 5.74) is 1.11. The number of likely N-dealkylation sites (N-methyl/N-ethyl adjacent to an activating group) is 1. The van der Waals surface area contributed by atoms with Crippen LogP contribution in [0.15, 0.2) is 53.4 Å². The van der Waals surface area contributed by atoms with E-state index in [-0.39, 0.29) is 17.3 Å². The molecule has 0 saturated carbocycles. The zero-order valence-corrected chi connectivity index (χ0v) is 22.2. The second-order valence-electron chi connectivity index (χ2n) is 9.35. The van der Waals surface area contributed by atoms with Gasteiger partial charge in [-0.25, -0.2) is 8.42 Å². The Morgan fingerprint density at radius 2 is 1.65 bits per heavy atom. The number of nitrogens with one attached hydrogen (secondary N) is 1. The van der Waals surface area contributed by atoms with Crippen LogP contribution in [0.4, 0.5) is 0 Å². The summed E-state index contributed by atoms with van der Waals surface area (Å²) in [5, 5.41) is 3.39. The average Bonchev–Trinajstić information content (AvgIpc) is 2.73. The van der Waals surface area contributed by atoms with Gasteiger partial charge < -0.3 is 10.2 Å². The Morgan fingerprint density at radius 1 is 1.06 bits per heavy atom. The van der Waals surface area contributed by atoms with Gasteiger partial charge in [0.05, 0.1) is 11.4 Å². The quantitative estimate of drug-likeness (QED) is 0.556. The molecule has 0 aliphatic carbocycles. The minimum atomic E-state index is -3.89. The van der Waals surface area contributed by atoms with E-state index in [1.54, 1.807) is 36.4 Å². The van der Waals surface area contributed by atoms with Gasteiger partial charge in [-0.15, -0.1) is 0 Å². The molecule has 9 heteroatoms. The van der Waals surface area contributed by atoms with E-state index in [0.717, 1.165) is 9.87 Å². The molecule has 2 rings (SSSR count). The lowest BCUT2D eigenvalue weighted by Gasteiger charge is -2.34. The predicted octanol–water partition coefficient (Wildman–Crippen LogP) is 3.99. The van der Waals surface area contributed by atoms with Crippen LogP contribution >= 0.6 is 11.6 Å². The second-order valence-corrected chi connectivity index (χ2v) is 11.8. The summed E-state index contributed by atoms with van der Waals surface area (Å²) >= 11 is 6.33. The molecule has 0 bridgehead atoms. The highest BCUT2D eigenvalue weighted by Crippen LogP contribution is 2.21. The van der Waals surface area contributed by atoms with Crippen molar-refractivity contribution in [3.63, 3.8) is 0 Å². The van der Waals surface area contributed by atoms with Crippen molar-refractivity contribution in [2.75, 3.05) is 13.6 Å². The predicted molar refractivity (Wildman–Crippen MR) is 135 cm³/mol. The third kappa shape index (κ3) is 7.29. The molecule has 186 valence electrons. The summed E-state index contributed by atoms with van der Waals surface area (Å²) in [6, 6.07) is 12.7. The maximum absolute atomic E-state index is 13.5. The van der Waals surface area contributed by atoms with Crippen molar-refractivity contribution in [2.24, 2.45) is 0 Å². The number of benzene rings is 2. The molecule has 0 aliphatic heterocycles. The summed E-state index contributed by atoms with van der Waals surface area (Å²) in [7, 11) is -2.53. The van der Waals surface area contributed by atoms with Crippen LogP contribution in [-0.2, 0) is 26.2 Å². The molecular weight excluding hydrogens is 474 g/mol. The number of amides is 2. The third-order valence-corrected chi connectivity index (χ3v) is 7.46. The van der Waals surface area contributed by atoms with E-state index in [0.29, 0.717) is 17.0 Å². The number of halogens is 1. The minimum Gasteiger partial charge on any atom is -0.350 e. The highest BCUT2D eigenvalue weighted by atomic mass is 35.5. The maximum Gasteiger partial charge on any atom is 0.243 e. The van der Waals surface area contributed by atoms with E-state index >= 15 is 0 Å². The number of rotatable bonds is 9. The average molecular weight is 508 g/mol.